The average Bonchev–Trinajstić information content (AvgIpc) is 3.00. The van der Waals surface area contributed by atoms with Crippen LogP contribution in [0.25, 0.3) is 0 Å². The van der Waals surface area contributed by atoms with Crippen molar-refractivity contribution in [2.24, 2.45) is 0 Å². The van der Waals surface area contributed by atoms with Gasteiger partial charge in [0.25, 0.3) is 0 Å². The van der Waals surface area contributed by atoms with E-state index in [2.05, 4.69) is 52.7 Å². The Labute approximate surface area is 232 Å². The highest BCUT2D eigenvalue weighted by Crippen LogP contribution is 2.34. The van der Waals surface area contributed by atoms with Gasteiger partial charge in [0.15, 0.2) is 11.5 Å². The quantitative estimate of drug-likeness (QED) is 0.323. The molecule has 0 radical (unpaired) electrons. The minimum Gasteiger partial charge on any atom is -0.493 e. The molecule has 2 aliphatic rings. The molecule has 7 heteroatoms. The molecule has 0 aliphatic carbocycles. The van der Waals surface area contributed by atoms with Gasteiger partial charge in [-0.1, -0.05) is 42.5 Å². The predicted molar refractivity (Wildman–Crippen MR) is 153 cm³/mol. The Kier molecular flexibility index (Phi) is 9.59. The number of nitrogens with one attached hydrogen (secondary N) is 1. The van der Waals surface area contributed by atoms with Gasteiger partial charge < -0.3 is 33.9 Å². The van der Waals surface area contributed by atoms with Gasteiger partial charge in [0.05, 0.1) is 32.1 Å². The van der Waals surface area contributed by atoms with Crippen LogP contribution in [0.15, 0.2) is 66.7 Å². The van der Waals surface area contributed by atoms with Crippen LogP contribution < -0.4 is 24.4 Å². The first-order valence-corrected chi connectivity index (χ1v) is 13.9. The summed E-state index contributed by atoms with van der Waals surface area (Å²) in [7, 11) is 3.41. The first-order chi connectivity index (χ1) is 19.2. The van der Waals surface area contributed by atoms with E-state index in [1.807, 2.05) is 24.3 Å². The number of hydrogen-bond acceptors (Lipinski definition) is 7. The Morgan fingerprint density at radius 3 is 2.59 bits per heavy atom. The minimum atomic E-state index is 0.111. The van der Waals surface area contributed by atoms with Gasteiger partial charge in [-0.3, -0.25) is 0 Å². The third kappa shape index (κ3) is 7.04. The molecule has 7 nitrogen and oxygen atoms in total. The van der Waals surface area contributed by atoms with Gasteiger partial charge in [-0.2, -0.15) is 0 Å². The van der Waals surface area contributed by atoms with Crippen LogP contribution in [-0.4, -0.2) is 59.7 Å². The summed E-state index contributed by atoms with van der Waals surface area (Å²) >= 11 is 0. The molecule has 3 aromatic carbocycles. The predicted octanol–water partition coefficient (Wildman–Crippen LogP) is 5.17. The van der Waals surface area contributed by atoms with Gasteiger partial charge in [-0.15, -0.1) is 0 Å². The number of anilines is 1. The maximum Gasteiger partial charge on any atom is 0.161 e. The second-order valence-electron chi connectivity index (χ2n) is 10.1. The van der Waals surface area contributed by atoms with Crippen molar-refractivity contribution in [2.75, 3.05) is 58.5 Å². The van der Waals surface area contributed by atoms with E-state index in [1.165, 1.54) is 11.1 Å². The van der Waals surface area contributed by atoms with Gasteiger partial charge in [-0.05, 0) is 60.3 Å². The lowest BCUT2D eigenvalue weighted by Crippen LogP contribution is -2.41. The molecule has 5 rings (SSSR count). The van der Waals surface area contributed by atoms with Crippen LogP contribution in [0.5, 0.6) is 17.2 Å². The number of fused-ring (bicyclic) bond motifs is 1. The molecule has 1 N–H and O–H groups in total. The van der Waals surface area contributed by atoms with Crippen molar-refractivity contribution in [1.29, 1.82) is 0 Å². The Morgan fingerprint density at radius 2 is 1.77 bits per heavy atom. The van der Waals surface area contributed by atoms with E-state index in [4.69, 9.17) is 23.7 Å². The molecule has 1 fully saturated rings. The first kappa shape index (κ1) is 27.3. The lowest BCUT2D eigenvalue weighted by atomic mass is 9.87. The number of ether oxygens (including phenoxy) is 5. The Morgan fingerprint density at radius 1 is 0.949 bits per heavy atom. The van der Waals surface area contributed by atoms with Crippen LogP contribution in [0.2, 0.25) is 0 Å². The molecular weight excluding hydrogens is 492 g/mol. The highest BCUT2D eigenvalue weighted by atomic mass is 16.5. The third-order valence-electron chi connectivity index (χ3n) is 7.52. The lowest BCUT2D eigenvalue weighted by molar-refractivity contribution is 0.0106. The maximum atomic E-state index is 6.54. The second-order valence-corrected chi connectivity index (χ2v) is 10.1. The number of hydrogen-bond donors (Lipinski definition) is 1. The molecule has 0 aromatic heterocycles. The molecule has 2 atom stereocenters. The number of methoxy groups -OCH3 is 2. The smallest absolute Gasteiger partial charge is 0.161 e. The van der Waals surface area contributed by atoms with Crippen LogP contribution in [-0.2, 0) is 22.7 Å². The number of piperidine rings is 1. The van der Waals surface area contributed by atoms with E-state index < -0.39 is 0 Å². The topological polar surface area (TPSA) is 61.4 Å². The molecule has 0 saturated carbocycles. The SMILES string of the molecule is COCCCN1CCOc2ccc(COC3CNCCC3c3ccc(COc4ccccc4OC)cc3)cc21. The third-order valence-corrected chi connectivity index (χ3v) is 7.52. The van der Waals surface area contributed by atoms with E-state index in [0.717, 1.165) is 80.7 Å². The van der Waals surface area contributed by atoms with Crippen LogP contribution in [0.4, 0.5) is 5.69 Å². The number of rotatable bonds is 12. The van der Waals surface area contributed by atoms with Crippen LogP contribution in [0, 0.1) is 0 Å². The normalized spacial score (nSPS) is 18.8. The standard InChI is InChI=1S/C32H40N2O5/c1-35-18-5-16-34-17-19-37-29-13-10-25(20-28(29)34)23-39-32-21-33-15-14-27(32)26-11-8-24(9-12-26)22-38-31-7-4-3-6-30(31)36-2/h3-4,6-13,20,27,32-33H,5,14-19,21-23H2,1-2H3. The van der Waals surface area contributed by atoms with Crippen molar-refractivity contribution >= 4 is 5.69 Å². The molecule has 0 spiro atoms. The van der Waals surface area contributed by atoms with E-state index >= 15 is 0 Å². The number of benzene rings is 3. The van der Waals surface area contributed by atoms with Crippen LogP contribution in [0.3, 0.4) is 0 Å². The molecule has 208 valence electrons. The van der Waals surface area contributed by atoms with Crippen molar-refractivity contribution in [1.82, 2.24) is 5.32 Å². The fourth-order valence-electron chi connectivity index (χ4n) is 5.39. The zero-order chi connectivity index (χ0) is 26.9. The van der Waals surface area contributed by atoms with E-state index in [0.29, 0.717) is 19.1 Å². The summed E-state index contributed by atoms with van der Waals surface area (Å²) < 4.78 is 29.1. The summed E-state index contributed by atoms with van der Waals surface area (Å²) in [6, 6.07) is 22.9. The first-order valence-electron chi connectivity index (χ1n) is 13.9. The van der Waals surface area contributed by atoms with Crippen LogP contribution >= 0.6 is 0 Å². The van der Waals surface area contributed by atoms with Crippen molar-refractivity contribution < 1.29 is 23.7 Å². The summed E-state index contributed by atoms with van der Waals surface area (Å²) in [6.07, 6.45) is 2.16. The maximum absolute atomic E-state index is 6.54. The van der Waals surface area contributed by atoms with Gasteiger partial charge >= 0.3 is 0 Å². The monoisotopic (exact) mass is 532 g/mol. The summed E-state index contributed by atoms with van der Waals surface area (Å²) in [5, 5.41) is 3.52. The molecule has 39 heavy (non-hydrogen) atoms. The zero-order valence-corrected chi connectivity index (χ0v) is 23.1. The molecule has 2 unspecified atom stereocenters. The van der Waals surface area contributed by atoms with Crippen molar-refractivity contribution in [3.63, 3.8) is 0 Å². The molecule has 1 saturated heterocycles. The second kappa shape index (κ2) is 13.7. The lowest BCUT2D eigenvalue weighted by Gasteiger charge is -2.33. The van der Waals surface area contributed by atoms with Gasteiger partial charge in [0, 0.05) is 32.7 Å². The van der Waals surface area contributed by atoms with E-state index in [-0.39, 0.29) is 6.10 Å². The van der Waals surface area contributed by atoms with E-state index in [9.17, 15) is 0 Å². The highest BCUT2D eigenvalue weighted by molar-refractivity contribution is 5.61. The Hall–Kier alpha value is -3.26. The average molecular weight is 533 g/mol. The molecule has 2 heterocycles. The van der Waals surface area contributed by atoms with Crippen molar-refractivity contribution in [2.45, 2.75) is 38.1 Å². The number of nitrogens with zero attached hydrogens (tertiary/aromatic N) is 1. The Bertz CT molecular complexity index is 1190. The summed E-state index contributed by atoms with van der Waals surface area (Å²) in [4.78, 5) is 2.39. The molecule has 2 aliphatic heterocycles. The van der Waals surface area contributed by atoms with Gasteiger partial charge in [-0.25, -0.2) is 0 Å². The molecule has 0 bridgehead atoms. The van der Waals surface area contributed by atoms with Crippen LogP contribution in [0.1, 0.15) is 35.4 Å². The van der Waals surface area contributed by atoms with E-state index in [1.54, 1.807) is 14.2 Å². The molecule has 0 amide bonds. The summed E-state index contributed by atoms with van der Waals surface area (Å²) in [6.45, 7) is 6.26. The Balaban J connectivity index is 1.20. The fourth-order valence-corrected chi connectivity index (χ4v) is 5.39. The summed E-state index contributed by atoms with van der Waals surface area (Å²) in [5.74, 6) is 2.80. The highest BCUT2D eigenvalue weighted by Gasteiger charge is 2.27. The molecule has 3 aromatic rings. The van der Waals surface area contributed by atoms with Gasteiger partial charge in [0.1, 0.15) is 19.0 Å². The van der Waals surface area contributed by atoms with Gasteiger partial charge in [0.2, 0.25) is 0 Å². The van der Waals surface area contributed by atoms with Crippen molar-refractivity contribution in [3.8, 4) is 17.2 Å². The zero-order valence-electron chi connectivity index (χ0n) is 23.1. The fraction of sp³-hybridized carbons (Fsp3) is 0.438. The minimum absolute atomic E-state index is 0.111. The largest absolute Gasteiger partial charge is 0.493 e. The summed E-state index contributed by atoms with van der Waals surface area (Å²) in [5.41, 5.74) is 4.76. The molecular formula is C32H40N2O5. The van der Waals surface area contributed by atoms with Crippen molar-refractivity contribution in [3.05, 3.63) is 83.4 Å². The number of para-hydroxylation sites is 2.